The molecule has 0 saturated heterocycles. The number of nitrogens with zero attached hydrogens (tertiary/aromatic N) is 2. The normalized spacial score (nSPS) is 11.9. The molecule has 2 aromatic carbocycles. The maximum absolute atomic E-state index is 12.2. The van der Waals surface area contributed by atoms with Crippen molar-refractivity contribution < 1.29 is 9.59 Å². The molecule has 0 radical (unpaired) electrons. The van der Waals surface area contributed by atoms with Gasteiger partial charge in [0.25, 0.3) is 5.91 Å². The van der Waals surface area contributed by atoms with Crippen LogP contribution in [0.2, 0.25) is 5.02 Å². The average Bonchev–Trinajstić information content (AvgIpc) is 3.07. The molecule has 0 aliphatic rings. The standard InChI is InChI=1S/C16H13ClN4O2S/c1-9(10-2-5-12(17)6-3-10)15(22)18-19-16(23)11-4-7-13-14(8-11)21-24-20-13/h2-9H,1H3,(H,18,22)(H,19,23). The number of fused-ring (bicyclic) bond motifs is 1. The van der Waals surface area contributed by atoms with E-state index in [0.717, 1.165) is 22.8 Å². The third kappa shape index (κ3) is 3.52. The Kier molecular flexibility index (Phi) is 4.73. The highest BCUT2D eigenvalue weighted by Gasteiger charge is 2.16. The van der Waals surface area contributed by atoms with Crippen LogP contribution >= 0.6 is 23.3 Å². The molecule has 6 nitrogen and oxygen atoms in total. The lowest BCUT2D eigenvalue weighted by molar-refractivity contribution is -0.123. The van der Waals surface area contributed by atoms with Crippen LogP contribution in [0.15, 0.2) is 42.5 Å². The first kappa shape index (κ1) is 16.4. The van der Waals surface area contributed by atoms with Crippen LogP contribution in [0.3, 0.4) is 0 Å². The van der Waals surface area contributed by atoms with Crippen molar-refractivity contribution in [1.82, 2.24) is 19.6 Å². The summed E-state index contributed by atoms with van der Waals surface area (Å²) in [6, 6.07) is 12.0. The minimum Gasteiger partial charge on any atom is -0.273 e. The van der Waals surface area contributed by atoms with Gasteiger partial charge in [-0.25, -0.2) is 0 Å². The second-order valence-electron chi connectivity index (χ2n) is 5.18. The summed E-state index contributed by atoms with van der Waals surface area (Å²) in [6.07, 6.45) is 0. The van der Waals surface area contributed by atoms with Gasteiger partial charge in [0.05, 0.1) is 17.6 Å². The number of hydrogen-bond acceptors (Lipinski definition) is 5. The molecular formula is C16H13ClN4O2S. The summed E-state index contributed by atoms with van der Waals surface area (Å²) in [5.41, 5.74) is 7.42. The van der Waals surface area contributed by atoms with Crippen molar-refractivity contribution in [2.75, 3.05) is 0 Å². The van der Waals surface area contributed by atoms with Crippen molar-refractivity contribution in [2.24, 2.45) is 0 Å². The third-order valence-electron chi connectivity index (χ3n) is 3.58. The van der Waals surface area contributed by atoms with Gasteiger partial charge in [-0.1, -0.05) is 23.7 Å². The second-order valence-corrected chi connectivity index (χ2v) is 6.15. The van der Waals surface area contributed by atoms with Crippen LogP contribution in [0.4, 0.5) is 0 Å². The maximum Gasteiger partial charge on any atom is 0.269 e. The summed E-state index contributed by atoms with van der Waals surface area (Å²) in [6.45, 7) is 1.75. The van der Waals surface area contributed by atoms with Gasteiger partial charge in [0.1, 0.15) is 11.0 Å². The van der Waals surface area contributed by atoms with E-state index < -0.39 is 11.8 Å². The van der Waals surface area contributed by atoms with Crippen molar-refractivity contribution >= 4 is 46.2 Å². The number of nitrogens with one attached hydrogen (secondary N) is 2. The fourth-order valence-electron chi connectivity index (χ4n) is 2.12. The van der Waals surface area contributed by atoms with Crippen LogP contribution in [-0.2, 0) is 4.79 Å². The molecule has 0 bridgehead atoms. The Morgan fingerprint density at radius 1 is 1.04 bits per heavy atom. The molecule has 0 aliphatic carbocycles. The molecule has 3 rings (SSSR count). The number of rotatable bonds is 3. The molecule has 0 fully saturated rings. The van der Waals surface area contributed by atoms with Crippen LogP contribution < -0.4 is 10.9 Å². The number of hydrazine groups is 1. The molecule has 1 atom stereocenters. The number of carbonyl (C=O) groups is 2. The van der Waals surface area contributed by atoms with E-state index in [-0.39, 0.29) is 5.91 Å². The molecule has 2 amide bonds. The molecule has 8 heteroatoms. The topological polar surface area (TPSA) is 84.0 Å². The SMILES string of the molecule is CC(C(=O)NNC(=O)c1ccc2nsnc2c1)c1ccc(Cl)cc1. The molecule has 0 spiro atoms. The molecule has 2 N–H and O–H groups in total. The Hall–Kier alpha value is -2.51. The fourth-order valence-corrected chi connectivity index (χ4v) is 2.77. The van der Waals surface area contributed by atoms with E-state index in [1.807, 2.05) is 0 Å². The summed E-state index contributed by atoms with van der Waals surface area (Å²) in [4.78, 5) is 24.3. The highest BCUT2D eigenvalue weighted by Crippen LogP contribution is 2.18. The summed E-state index contributed by atoms with van der Waals surface area (Å²) >= 11 is 6.92. The van der Waals surface area contributed by atoms with E-state index in [1.54, 1.807) is 49.4 Å². The van der Waals surface area contributed by atoms with Crippen molar-refractivity contribution in [2.45, 2.75) is 12.8 Å². The van der Waals surface area contributed by atoms with E-state index in [4.69, 9.17) is 11.6 Å². The van der Waals surface area contributed by atoms with Gasteiger partial charge in [-0.3, -0.25) is 20.4 Å². The quantitative estimate of drug-likeness (QED) is 0.703. The van der Waals surface area contributed by atoms with Crippen LogP contribution in [0.25, 0.3) is 11.0 Å². The maximum atomic E-state index is 12.2. The van der Waals surface area contributed by atoms with Gasteiger partial charge in [0.15, 0.2) is 0 Å². The monoisotopic (exact) mass is 360 g/mol. The summed E-state index contributed by atoms with van der Waals surface area (Å²) in [7, 11) is 0. The molecule has 122 valence electrons. The average molecular weight is 361 g/mol. The molecule has 0 aliphatic heterocycles. The Balaban J connectivity index is 1.62. The van der Waals surface area contributed by atoms with E-state index in [9.17, 15) is 9.59 Å². The van der Waals surface area contributed by atoms with Crippen molar-refractivity contribution in [3.8, 4) is 0 Å². The molecule has 3 aromatic rings. The molecular weight excluding hydrogens is 348 g/mol. The Morgan fingerprint density at radius 2 is 1.75 bits per heavy atom. The van der Waals surface area contributed by atoms with Gasteiger partial charge in [-0.15, -0.1) is 0 Å². The minimum absolute atomic E-state index is 0.318. The summed E-state index contributed by atoms with van der Waals surface area (Å²) < 4.78 is 8.16. The van der Waals surface area contributed by atoms with Crippen molar-refractivity contribution in [3.05, 3.63) is 58.6 Å². The molecule has 1 aromatic heterocycles. The molecule has 24 heavy (non-hydrogen) atoms. The number of aromatic nitrogens is 2. The van der Waals surface area contributed by atoms with Gasteiger partial charge in [0, 0.05) is 10.6 Å². The molecule has 0 saturated carbocycles. The summed E-state index contributed by atoms with van der Waals surface area (Å²) in [5.74, 6) is -1.16. The Bertz CT molecular complexity index is 894. The highest BCUT2D eigenvalue weighted by molar-refractivity contribution is 7.00. The zero-order valence-electron chi connectivity index (χ0n) is 12.6. The predicted molar refractivity (Wildman–Crippen MR) is 92.9 cm³/mol. The van der Waals surface area contributed by atoms with Gasteiger partial charge in [-0.2, -0.15) is 8.75 Å². The van der Waals surface area contributed by atoms with Gasteiger partial charge in [0.2, 0.25) is 5.91 Å². The first-order valence-electron chi connectivity index (χ1n) is 7.12. The lowest BCUT2D eigenvalue weighted by Crippen LogP contribution is -2.43. The summed E-state index contributed by atoms with van der Waals surface area (Å²) in [5, 5.41) is 0.603. The number of hydrogen-bond donors (Lipinski definition) is 2. The van der Waals surface area contributed by atoms with Crippen molar-refractivity contribution in [3.63, 3.8) is 0 Å². The zero-order valence-corrected chi connectivity index (χ0v) is 14.2. The van der Waals surface area contributed by atoms with Gasteiger partial charge >= 0.3 is 0 Å². The van der Waals surface area contributed by atoms with Crippen LogP contribution in [0.5, 0.6) is 0 Å². The van der Waals surface area contributed by atoms with Gasteiger partial charge < -0.3 is 0 Å². The van der Waals surface area contributed by atoms with E-state index in [1.165, 1.54) is 0 Å². The number of amides is 2. The Labute approximate surface area is 147 Å². The van der Waals surface area contributed by atoms with Gasteiger partial charge in [-0.05, 0) is 42.8 Å². The van der Waals surface area contributed by atoms with Crippen LogP contribution in [-0.4, -0.2) is 20.6 Å². The number of benzene rings is 2. The number of halogens is 1. The first-order chi connectivity index (χ1) is 11.5. The predicted octanol–water partition coefficient (Wildman–Crippen LogP) is 2.91. The van der Waals surface area contributed by atoms with E-state index in [2.05, 4.69) is 19.6 Å². The Morgan fingerprint density at radius 3 is 2.50 bits per heavy atom. The largest absolute Gasteiger partial charge is 0.273 e. The second kappa shape index (κ2) is 6.94. The fraction of sp³-hybridized carbons (Fsp3) is 0.125. The lowest BCUT2D eigenvalue weighted by atomic mass is 10.0. The molecule has 1 unspecified atom stereocenters. The number of carbonyl (C=O) groups excluding carboxylic acids is 2. The van der Waals surface area contributed by atoms with Crippen LogP contribution in [0, 0.1) is 0 Å². The van der Waals surface area contributed by atoms with Crippen molar-refractivity contribution in [1.29, 1.82) is 0 Å². The zero-order chi connectivity index (χ0) is 17.1. The lowest BCUT2D eigenvalue weighted by Gasteiger charge is -2.13. The van der Waals surface area contributed by atoms with E-state index >= 15 is 0 Å². The smallest absolute Gasteiger partial charge is 0.269 e. The van der Waals surface area contributed by atoms with E-state index in [0.29, 0.717) is 16.1 Å². The highest BCUT2D eigenvalue weighted by atomic mass is 35.5. The third-order valence-corrected chi connectivity index (χ3v) is 4.39. The van der Waals surface area contributed by atoms with Crippen LogP contribution in [0.1, 0.15) is 28.8 Å². The minimum atomic E-state index is -0.423. The first-order valence-corrected chi connectivity index (χ1v) is 8.23. The molecule has 1 heterocycles.